The number of hydrogen-bond donors (Lipinski definition) is 1. The predicted octanol–water partition coefficient (Wildman–Crippen LogP) is 3.06. The van der Waals surface area contributed by atoms with Crippen LogP contribution >= 0.6 is 11.6 Å². The molecular weight excluding hydrogens is 346 g/mol. The van der Waals surface area contributed by atoms with Gasteiger partial charge in [-0.3, -0.25) is 0 Å². The van der Waals surface area contributed by atoms with Gasteiger partial charge in [-0.15, -0.1) is 5.10 Å². The van der Waals surface area contributed by atoms with Crippen LogP contribution in [0.15, 0.2) is 42.5 Å². The maximum absolute atomic E-state index is 11.6. The monoisotopic (exact) mass is 357 g/mol. The van der Waals surface area contributed by atoms with E-state index in [1.165, 1.54) is 4.68 Å². The number of carbonyl (C=O) groups is 1. The van der Waals surface area contributed by atoms with Gasteiger partial charge in [-0.05, 0) is 24.3 Å². The Morgan fingerprint density at radius 3 is 2.68 bits per heavy atom. The lowest BCUT2D eigenvalue weighted by Crippen LogP contribution is -2.15. The van der Waals surface area contributed by atoms with E-state index in [4.69, 9.17) is 21.1 Å². The van der Waals surface area contributed by atoms with Crippen LogP contribution in [0.5, 0.6) is 11.5 Å². The molecule has 1 aliphatic heterocycles. The zero-order chi connectivity index (χ0) is 17.4. The molecule has 7 nitrogen and oxygen atoms in total. The number of ether oxygens (including phenoxy) is 2. The van der Waals surface area contributed by atoms with Gasteiger partial charge in [-0.25, -0.2) is 9.48 Å². The third-order valence-corrected chi connectivity index (χ3v) is 3.98. The fraction of sp³-hybridized carbons (Fsp3) is 0.118. The first-order valence-electron chi connectivity index (χ1n) is 7.48. The van der Waals surface area contributed by atoms with Gasteiger partial charge in [-0.2, -0.15) is 0 Å². The molecule has 2 heterocycles. The number of halogens is 1. The molecule has 0 atom stereocenters. The van der Waals surface area contributed by atoms with Gasteiger partial charge >= 0.3 is 5.97 Å². The van der Waals surface area contributed by atoms with Crippen molar-refractivity contribution in [2.45, 2.75) is 0 Å². The highest BCUT2D eigenvalue weighted by Crippen LogP contribution is 2.34. The van der Waals surface area contributed by atoms with Gasteiger partial charge in [0, 0.05) is 16.7 Å². The summed E-state index contributed by atoms with van der Waals surface area (Å²) in [7, 11) is 0. The second kappa shape index (κ2) is 6.10. The maximum atomic E-state index is 11.6. The lowest BCUT2D eigenvalue weighted by Gasteiger charge is -2.19. The normalized spacial score (nSPS) is 12.8. The summed E-state index contributed by atoms with van der Waals surface area (Å²) in [6, 6.07) is 12.1. The molecular formula is C17H12ClN3O4. The van der Waals surface area contributed by atoms with Gasteiger partial charge < -0.3 is 14.6 Å². The van der Waals surface area contributed by atoms with Gasteiger partial charge in [0.25, 0.3) is 0 Å². The van der Waals surface area contributed by atoms with E-state index in [0.717, 1.165) is 0 Å². The fourth-order valence-corrected chi connectivity index (χ4v) is 2.86. The van der Waals surface area contributed by atoms with Crippen molar-refractivity contribution in [1.82, 2.24) is 15.0 Å². The van der Waals surface area contributed by atoms with E-state index in [-0.39, 0.29) is 5.69 Å². The van der Waals surface area contributed by atoms with Crippen molar-refractivity contribution in [3.05, 3.63) is 53.2 Å². The van der Waals surface area contributed by atoms with Crippen molar-refractivity contribution in [2.75, 3.05) is 13.2 Å². The number of fused-ring (bicyclic) bond motifs is 1. The molecule has 0 saturated heterocycles. The Balaban J connectivity index is 1.89. The Morgan fingerprint density at radius 1 is 1.12 bits per heavy atom. The third kappa shape index (κ3) is 2.78. The summed E-state index contributed by atoms with van der Waals surface area (Å²) in [5.74, 6) is 0.0461. The van der Waals surface area contributed by atoms with E-state index in [0.29, 0.717) is 46.7 Å². The Morgan fingerprint density at radius 2 is 1.92 bits per heavy atom. The maximum Gasteiger partial charge on any atom is 0.358 e. The van der Waals surface area contributed by atoms with E-state index in [1.807, 2.05) is 0 Å². The number of aromatic nitrogens is 3. The quantitative estimate of drug-likeness (QED) is 0.775. The molecule has 8 heteroatoms. The van der Waals surface area contributed by atoms with Crippen molar-refractivity contribution in [2.24, 2.45) is 0 Å². The van der Waals surface area contributed by atoms with Crippen molar-refractivity contribution < 1.29 is 19.4 Å². The molecule has 1 aliphatic rings. The molecule has 0 bridgehead atoms. The number of benzene rings is 2. The zero-order valence-electron chi connectivity index (χ0n) is 12.8. The number of carboxylic acids is 1. The van der Waals surface area contributed by atoms with Crippen LogP contribution in [0.25, 0.3) is 16.9 Å². The van der Waals surface area contributed by atoms with Gasteiger partial charge in [0.15, 0.2) is 17.2 Å². The summed E-state index contributed by atoms with van der Waals surface area (Å²) in [6.07, 6.45) is 0. The molecule has 25 heavy (non-hydrogen) atoms. The Labute approximate surface area is 147 Å². The van der Waals surface area contributed by atoms with Crippen molar-refractivity contribution in [3.63, 3.8) is 0 Å². The van der Waals surface area contributed by atoms with Gasteiger partial charge in [-0.1, -0.05) is 28.9 Å². The molecule has 0 radical (unpaired) electrons. The molecule has 0 aliphatic carbocycles. The second-order valence-electron chi connectivity index (χ2n) is 5.34. The Bertz CT molecular complexity index is 970. The lowest BCUT2D eigenvalue weighted by atomic mass is 10.1. The highest BCUT2D eigenvalue weighted by atomic mass is 35.5. The molecule has 1 N–H and O–H groups in total. The van der Waals surface area contributed by atoms with E-state index < -0.39 is 5.97 Å². The topological polar surface area (TPSA) is 86.5 Å². The summed E-state index contributed by atoms with van der Waals surface area (Å²) >= 11 is 6.05. The highest BCUT2D eigenvalue weighted by molar-refractivity contribution is 6.30. The smallest absolute Gasteiger partial charge is 0.358 e. The first-order valence-corrected chi connectivity index (χ1v) is 7.86. The van der Waals surface area contributed by atoms with Crippen molar-refractivity contribution >= 4 is 17.6 Å². The van der Waals surface area contributed by atoms with Crippen LogP contribution in [0, 0.1) is 0 Å². The van der Waals surface area contributed by atoms with Crippen LogP contribution in [-0.2, 0) is 0 Å². The fourth-order valence-electron chi connectivity index (χ4n) is 2.67. The largest absolute Gasteiger partial charge is 0.486 e. The van der Waals surface area contributed by atoms with Crippen molar-refractivity contribution in [1.29, 1.82) is 0 Å². The van der Waals surface area contributed by atoms with Gasteiger partial charge in [0.1, 0.15) is 18.9 Å². The predicted molar refractivity (Wildman–Crippen MR) is 89.8 cm³/mol. The first-order chi connectivity index (χ1) is 12.1. The van der Waals surface area contributed by atoms with Gasteiger partial charge in [0.05, 0.1) is 5.69 Å². The van der Waals surface area contributed by atoms with Crippen LogP contribution in [-0.4, -0.2) is 39.3 Å². The van der Waals surface area contributed by atoms with Crippen LogP contribution < -0.4 is 9.47 Å². The summed E-state index contributed by atoms with van der Waals surface area (Å²) in [6.45, 7) is 0.946. The third-order valence-electron chi connectivity index (χ3n) is 3.74. The number of carboxylic acid groups (broad SMARTS) is 1. The summed E-state index contributed by atoms with van der Waals surface area (Å²) in [4.78, 5) is 11.6. The van der Waals surface area contributed by atoms with E-state index in [9.17, 15) is 9.90 Å². The molecule has 0 amide bonds. The number of rotatable bonds is 3. The molecule has 0 saturated carbocycles. The van der Waals surface area contributed by atoms with Crippen LogP contribution in [0.3, 0.4) is 0 Å². The number of hydrogen-bond acceptors (Lipinski definition) is 5. The average molecular weight is 358 g/mol. The van der Waals surface area contributed by atoms with Gasteiger partial charge in [0.2, 0.25) is 0 Å². The van der Waals surface area contributed by atoms with Crippen LogP contribution in [0.4, 0.5) is 0 Å². The SMILES string of the molecule is O=C(O)c1nnn(-c2ccc3c(c2)OCCO3)c1-c1cccc(Cl)c1. The van der Waals surface area contributed by atoms with Crippen LogP contribution in [0.2, 0.25) is 5.02 Å². The molecule has 126 valence electrons. The number of aromatic carboxylic acids is 1. The van der Waals surface area contributed by atoms with Crippen molar-refractivity contribution in [3.8, 4) is 28.4 Å². The minimum absolute atomic E-state index is 0.155. The highest BCUT2D eigenvalue weighted by Gasteiger charge is 2.23. The Hall–Kier alpha value is -3.06. The molecule has 2 aromatic carbocycles. The zero-order valence-corrected chi connectivity index (χ0v) is 13.6. The van der Waals surface area contributed by atoms with E-state index >= 15 is 0 Å². The minimum atomic E-state index is -1.17. The minimum Gasteiger partial charge on any atom is -0.486 e. The Kier molecular flexibility index (Phi) is 3.77. The first kappa shape index (κ1) is 15.5. The van der Waals surface area contributed by atoms with E-state index in [1.54, 1.807) is 42.5 Å². The molecule has 1 aromatic heterocycles. The van der Waals surface area contributed by atoms with E-state index in [2.05, 4.69) is 10.3 Å². The van der Waals surface area contributed by atoms with Crippen LogP contribution in [0.1, 0.15) is 10.5 Å². The summed E-state index contributed by atoms with van der Waals surface area (Å²) in [5.41, 5.74) is 1.40. The summed E-state index contributed by atoms with van der Waals surface area (Å²) in [5, 5.41) is 17.8. The molecule has 3 aromatic rings. The second-order valence-corrected chi connectivity index (χ2v) is 5.78. The number of nitrogens with zero attached hydrogens (tertiary/aromatic N) is 3. The summed E-state index contributed by atoms with van der Waals surface area (Å²) < 4.78 is 12.5. The molecule has 0 unspecified atom stereocenters. The standard InChI is InChI=1S/C17H12ClN3O4/c18-11-3-1-2-10(8-11)16-15(17(22)23)19-20-21(16)12-4-5-13-14(9-12)25-7-6-24-13/h1-5,8-9H,6-7H2,(H,22,23). The lowest BCUT2D eigenvalue weighted by molar-refractivity contribution is 0.0691. The molecule has 4 rings (SSSR count). The molecule has 0 spiro atoms. The average Bonchev–Trinajstić information content (AvgIpc) is 3.06. The molecule has 0 fully saturated rings.